The third-order valence-electron chi connectivity index (χ3n) is 2.19. The van der Waals surface area contributed by atoms with Crippen LogP contribution in [-0.2, 0) is 0 Å². The fourth-order valence-electron chi connectivity index (χ4n) is 1.38. The lowest BCUT2D eigenvalue weighted by atomic mass is 10.0. The minimum atomic E-state index is -0.915. The van der Waals surface area contributed by atoms with Crippen molar-refractivity contribution in [3.8, 4) is 0 Å². The predicted octanol–water partition coefficient (Wildman–Crippen LogP) is 2.73. The molecule has 0 saturated heterocycles. The van der Waals surface area contributed by atoms with Gasteiger partial charge in [-0.1, -0.05) is 0 Å². The van der Waals surface area contributed by atoms with Crippen molar-refractivity contribution >= 4 is 5.78 Å². The fourth-order valence-corrected chi connectivity index (χ4v) is 1.38. The Hall–Kier alpha value is -2.17. The van der Waals surface area contributed by atoms with E-state index in [1.807, 2.05) is 0 Å². The highest BCUT2D eigenvalue weighted by Crippen LogP contribution is 2.16. The quantitative estimate of drug-likeness (QED) is 0.751. The molecule has 0 saturated carbocycles. The summed E-state index contributed by atoms with van der Waals surface area (Å²) in [6, 6.07) is 3.55. The van der Waals surface area contributed by atoms with Gasteiger partial charge in [0.05, 0.1) is 17.3 Å². The Morgan fingerprint density at radius 1 is 1.00 bits per heavy atom. The van der Waals surface area contributed by atoms with Crippen LogP contribution in [0.5, 0.6) is 0 Å². The number of hydrogen-bond donors (Lipinski definition) is 0. The van der Waals surface area contributed by atoms with E-state index in [4.69, 9.17) is 0 Å². The first-order chi connectivity index (χ1) is 8.09. The van der Waals surface area contributed by atoms with E-state index in [1.165, 1.54) is 6.20 Å². The molecule has 86 valence electrons. The zero-order valence-corrected chi connectivity index (χ0v) is 8.45. The van der Waals surface area contributed by atoms with Crippen molar-refractivity contribution in [3.05, 3.63) is 65.2 Å². The zero-order chi connectivity index (χ0) is 12.4. The number of rotatable bonds is 2. The van der Waals surface area contributed by atoms with Crippen molar-refractivity contribution in [2.75, 3.05) is 0 Å². The Kier molecular flexibility index (Phi) is 2.91. The van der Waals surface area contributed by atoms with Gasteiger partial charge in [-0.25, -0.2) is 13.2 Å². The van der Waals surface area contributed by atoms with E-state index < -0.39 is 28.8 Å². The number of pyridine rings is 1. The number of nitrogens with zero attached hydrogens (tertiary/aromatic N) is 1. The average molecular weight is 237 g/mol. The second kappa shape index (κ2) is 4.37. The minimum Gasteiger partial charge on any atom is -0.288 e. The molecular formula is C12H6F3NO. The van der Waals surface area contributed by atoms with Crippen LogP contribution in [-0.4, -0.2) is 10.8 Å². The highest BCUT2D eigenvalue weighted by molar-refractivity contribution is 6.09. The molecule has 2 nitrogen and oxygen atoms in total. The maximum absolute atomic E-state index is 13.3. The standard InChI is InChI=1S/C12H6F3NO/c13-7-1-2-10(14)9(5-7)12(17)8-3-4-16-6-11(8)15/h1-6H. The lowest BCUT2D eigenvalue weighted by Crippen LogP contribution is -2.07. The predicted molar refractivity (Wildman–Crippen MR) is 54.0 cm³/mol. The number of aromatic nitrogens is 1. The normalized spacial score (nSPS) is 10.3. The molecule has 0 aliphatic carbocycles. The second-order valence-electron chi connectivity index (χ2n) is 3.31. The summed E-state index contributed by atoms with van der Waals surface area (Å²) in [5, 5.41) is 0. The molecule has 0 spiro atoms. The van der Waals surface area contributed by atoms with Gasteiger partial charge in [-0.15, -0.1) is 0 Å². The molecule has 1 heterocycles. The molecule has 0 aliphatic rings. The molecule has 1 aromatic heterocycles. The van der Waals surface area contributed by atoms with Gasteiger partial charge in [0, 0.05) is 6.20 Å². The first-order valence-electron chi connectivity index (χ1n) is 4.69. The van der Waals surface area contributed by atoms with E-state index in [1.54, 1.807) is 0 Å². The number of hydrogen-bond acceptors (Lipinski definition) is 2. The number of ketones is 1. The summed E-state index contributed by atoms with van der Waals surface area (Å²) in [6.45, 7) is 0. The van der Waals surface area contributed by atoms with E-state index in [0.717, 1.165) is 30.5 Å². The largest absolute Gasteiger partial charge is 0.288 e. The topological polar surface area (TPSA) is 30.0 Å². The van der Waals surface area contributed by atoms with Gasteiger partial charge in [0.25, 0.3) is 0 Å². The molecular weight excluding hydrogens is 231 g/mol. The van der Waals surface area contributed by atoms with Crippen molar-refractivity contribution in [1.29, 1.82) is 0 Å². The van der Waals surface area contributed by atoms with Crippen molar-refractivity contribution in [1.82, 2.24) is 4.98 Å². The van der Waals surface area contributed by atoms with Crippen LogP contribution in [0.25, 0.3) is 0 Å². The number of benzene rings is 1. The minimum absolute atomic E-state index is 0.343. The summed E-state index contributed by atoms with van der Waals surface area (Å²) in [7, 11) is 0. The monoisotopic (exact) mass is 237 g/mol. The molecule has 0 unspecified atom stereocenters. The smallest absolute Gasteiger partial charge is 0.199 e. The van der Waals surface area contributed by atoms with E-state index in [2.05, 4.69) is 4.98 Å². The van der Waals surface area contributed by atoms with Crippen LogP contribution in [0.3, 0.4) is 0 Å². The molecule has 0 N–H and O–H groups in total. The highest BCUT2D eigenvalue weighted by atomic mass is 19.1. The molecule has 0 fully saturated rings. The van der Waals surface area contributed by atoms with Gasteiger partial charge in [0.1, 0.15) is 11.6 Å². The Morgan fingerprint density at radius 2 is 1.76 bits per heavy atom. The van der Waals surface area contributed by atoms with E-state index in [0.29, 0.717) is 0 Å². The summed E-state index contributed by atoms with van der Waals surface area (Å²) in [4.78, 5) is 15.2. The summed E-state index contributed by atoms with van der Waals surface area (Å²) in [5.41, 5.74) is -0.848. The van der Waals surface area contributed by atoms with Crippen molar-refractivity contribution in [2.45, 2.75) is 0 Å². The van der Waals surface area contributed by atoms with Crippen LogP contribution >= 0.6 is 0 Å². The maximum Gasteiger partial charge on any atom is 0.199 e. The first-order valence-corrected chi connectivity index (χ1v) is 4.69. The molecule has 0 amide bonds. The lowest BCUT2D eigenvalue weighted by Gasteiger charge is -2.03. The third-order valence-corrected chi connectivity index (χ3v) is 2.19. The lowest BCUT2D eigenvalue weighted by molar-refractivity contribution is 0.103. The summed E-state index contributed by atoms with van der Waals surface area (Å²) in [6.07, 6.45) is 2.04. The van der Waals surface area contributed by atoms with Gasteiger partial charge in [-0.3, -0.25) is 9.78 Å². The van der Waals surface area contributed by atoms with Gasteiger partial charge < -0.3 is 0 Å². The first kappa shape index (κ1) is 11.3. The van der Waals surface area contributed by atoms with Crippen LogP contribution in [0.1, 0.15) is 15.9 Å². The summed E-state index contributed by atoms with van der Waals surface area (Å²) in [5.74, 6) is -3.44. The van der Waals surface area contributed by atoms with Gasteiger partial charge in [0.2, 0.25) is 0 Å². The van der Waals surface area contributed by atoms with Gasteiger partial charge in [-0.2, -0.15) is 0 Å². The van der Waals surface area contributed by atoms with Gasteiger partial charge in [0.15, 0.2) is 11.6 Å². The van der Waals surface area contributed by atoms with Gasteiger partial charge in [-0.05, 0) is 24.3 Å². The van der Waals surface area contributed by atoms with E-state index >= 15 is 0 Å². The molecule has 1 aromatic carbocycles. The fraction of sp³-hybridized carbons (Fsp3) is 0. The highest BCUT2D eigenvalue weighted by Gasteiger charge is 2.18. The number of carbonyl (C=O) groups is 1. The molecule has 17 heavy (non-hydrogen) atoms. The summed E-state index contributed by atoms with van der Waals surface area (Å²) >= 11 is 0. The Labute approximate surface area is 94.7 Å². The maximum atomic E-state index is 13.3. The molecule has 0 bridgehead atoms. The van der Waals surface area contributed by atoms with Crippen LogP contribution in [0.15, 0.2) is 36.7 Å². The number of carbonyl (C=O) groups excluding carboxylic acids is 1. The zero-order valence-electron chi connectivity index (χ0n) is 8.45. The molecule has 0 atom stereocenters. The van der Waals surface area contributed by atoms with Crippen LogP contribution in [0.4, 0.5) is 13.2 Å². The molecule has 2 rings (SSSR count). The van der Waals surface area contributed by atoms with Gasteiger partial charge >= 0.3 is 0 Å². The van der Waals surface area contributed by atoms with E-state index in [9.17, 15) is 18.0 Å². The van der Waals surface area contributed by atoms with Crippen LogP contribution < -0.4 is 0 Å². The van der Waals surface area contributed by atoms with Crippen molar-refractivity contribution in [2.24, 2.45) is 0 Å². The summed E-state index contributed by atoms with van der Waals surface area (Å²) < 4.78 is 39.5. The Balaban J connectivity index is 2.51. The molecule has 0 radical (unpaired) electrons. The third kappa shape index (κ3) is 2.18. The number of halogens is 3. The molecule has 5 heteroatoms. The Morgan fingerprint density at radius 3 is 2.47 bits per heavy atom. The van der Waals surface area contributed by atoms with Crippen LogP contribution in [0, 0.1) is 17.5 Å². The molecule has 0 aliphatic heterocycles. The second-order valence-corrected chi connectivity index (χ2v) is 3.31. The van der Waals surface area contributed by atoms with Crippen LogP contribution in [0.2, 0.25) is 0 Å². The van der Waals surface area contributed by atoms with E-state index in [-0.39, 0.29) is 5.56 Å². The van der Waals surface area contributed by atoms with Crippen molar-refractivity contribution < 1.29 is 18.0 Å². The molecule has 2 aromatic rings. The average Bonchev–Trinajstić information content (AvgIpc) is 2.32. The SMILES string of the molecule is O=C(c1ccncc1F)c1cc(F)ccc1F. The Bertz CT molecular complexity index is 584. The van der Waals surface area contributed by atoms with Crippen molar-refractivity contribution in [3.63, 3.8) is 0 Å².